The second kappa shape index (κ2) is 5.15. The van der Waals surface area contributed by atoms with Crippen LogP contribution in [0.5, 0.6) is 0 Å². The second-order valence-electron chi connectivity index (χ2n) is 3.86. The van der Waals surface area contributed by atoms with E-state index in [1.165, 1.54) is 32.5 Å². The minimum Gasteiger partial charge on any atom is -0.463 e. The van der Waals surface area contributed by atoms with E-state index in [1.54, 1.807) is 6.07 Å². The lowest BCUT2D eigenvalue weighted by Gasteiger charge is -2.12. The molecule has 1 atom stereocenters. The molecule has 0 aliphatic rings. The summed E-state index contributed by atoms with van der Waals surface area (Å²) in [6.45, 7) is 1.51. The average molecular weight is 265 g/mol. The second-order valence-corrected chi connectivity index (χ2v) is 3.86. The number of nitrogens with zero attached hydrogens (tertiary/aromatic N) is 3. The van der Waals surface area contributed by atoms with Gasteiger partial charge in [0.2, 0.25) is 0 Å². The highest BCUT2D eigenvalue weighted by Crippen LogP contribution is 2.23. The Morgan fingerprint density at radius 3 is 2.89 bits per heavy atom. The zero-order valence-corrected chi connectivity index (χ0v) is 10.4. The van der Waals surface area contributed by atoms with Crippen molar-refractivity contribution in [3.8, 4) is 5.69 Å². The van der Waals surface area contributed by atoms with Crippen molar-refractivity contribution >= 4 is 5.97 Å². The maximum atomic E-state index is 13.9. The quantitative estimate of drug-likeness (QED) is 0.845. The van der Waals surface area contributed by atoms with Gasteiger partial charge in [0, 0.05) is 5.56 Å². The van der Waals surface area contributed by atoms with Crippen molar-refractivity contribution in [2.24, 2.45) is 0 Å². The summed E-state index contributed by atoms with van der Waals surface area (Å²) < 4.78 is 19.4. The SMILES string of the molecule is COC(=O)c1ncn(-c2c(F)cccc2C(C)O)n1. The number of hydrogen-bond acceptors (Lipinski definition) is 5. The maximum absolute atomic E-state index is 13.9. The number of carbonyl (C=O) groups is 1. The highest BCUT2D eigenvalue weighted by molar-refractivity contribution is 5.84. The zero-order valence-electron chi connectivity index (χ0n) is 10.4. The van der Waals surface area contributed by atoms with Gasteiger partial charge in [0.15, 0.2) is 0 Å². The summed E-state index contributed by atoms with van der Waals surface area (Å²) in [4.78, 5) is 15.0. The fourth-order valence-corrected chi connectivity index (χ4v) is 1.67. The van der Waals surface area contributed by atoms with Crippen molar-refractivity contribution in [3.63, 3.8) is 0 Å². The predicted octanol–water partition coefficient (Wildman–Crippen LogP) is 1.25. The number of rotatable bonds is 3. The standard InChI is InChI=1S/C12H12FN3O3/c1-7(17)8-4-3-5-9(13)10(8)16-6-14-11(15-16)12(18)19-2/h3-7,17H,1-2H3. The number of hydrogen-bond donors (Lipinski definition) is 1. The summed E-state index contributed by atoms with van der Waals surface area (Å²) in [5.41, 5.74) is 0.404. The molecule has 0 saturated carbocycles. The number of esters is 1. The van der Waals surface area contributed by atoms with Gasteiger partial charge in [0.05, 0.1) is 13.2 Å². The molecular weight excluding hydrogens is 253 g/mol. The number of ether oxygens (including phenoxy) is 1. The van der Waals surface area contributed by atoms with Gasteiger partial charge < -0.3 is 9.84 Å². The summed E-state index contributed by atoms with van der Waals surface area (Å²) >= 11 is 0. The van der Waals surface area contributed by atoms with E-state index in [9.17, 15) is 14.3 Å². The molecule has 0 aliphatic heterocycles. The van der Waals surface area contributed by atoms with Gasteiger partial charge in [-0.05, 0) is 13.0 Å². The molecule has 100 valence electrons. The van der Waals surface area contributed by atoms with Gasteiger partial charge in [-0.1, -0.05) is 12.1 Å². The van der Waals surface area contributed by atoms with Crippen LogP contribution in [-0.4, -0.2) is 33.0 Å². The summed E-state index contributed by atoms with van der Waals surface area (Å²) in [7, 11) is 1.20. The van der Waals surface area contributed by atoms with E-state index in [0.29, 0.717) is 5.56 Å². The van der Waals surface area contributed by atoms with Gasteiger partial charge in [0.25, 0.3) is 5.82 Å². The van der Waals surface area contributed by atoms with Crippen LogP contribution in [0, 0.1) is 5.82 Å². The number of benzene rings is 1. The molecule has 19 heavy (non-hydrogen) atoms. The summed E-state index contributed by atoms with van der Waals surface area (Å²) in [6.07, 6.45) is 0.313. The molecule has 1 heterocycles. The smallest absolute Gasteiger partial charge is 0.377 e. The molecule has 0 spiro atoms. The Kier molecular flexibility index (Phi) is 3.57. The number of aliphatic hydroxyl groups excluding tert-OH is 1. The molecule has 0 saturated heterocycles. The molecule has 6 nitrogen and oxygen atoms in total. The minimum atomic E-state index is -0.878. The van der Waals surface area contributed by atoms with Gasteiger partial charge in [-0.15, -0.1) is 5.10 Å². The van der Waals surface area contributed by atoms with Crippen LogP contribution in [-0.2, 0) is 4.74 Å². The van der Waals surface area contributed by atoms with Crippen molar-refractivity contribution in [2.45, 2.75) is 13.0 Å². The molecule has 1 aromatic heterocycles. The van der Waals surface area contributed by atoms with Crippen LogP contribution in [0.25, 0.3) is 5.69 Å². The lowest BCUT2D eigenvalue weighted by molar-refractivity contribution is 0.0587. The molecule has 0 fully saturated rings. The zero-order chi connectivity index (χ0) is 14.0. The molecule has 0 bridgehead atoms. The molecule has 2 rings (SSSR count). The molecule has 0 radical (unpaired) electrons. The first-order valence-electron chi connectivity index (χ1n) is 5.51. The summed E-state index contributed by atoms with van der Waals surface area (Å²) in [5.74, 6) is -1.46. The molecule has 1 unspecified atom stereocenters. The van der Waals surface area contributed by atoms with Crippen molar-refractivity contribution in [2.75, 3.05) is 7.11 Å². The molecular formula is C12H12FN3O3. The van der Waals surface area contributed by atoms with Crippen LogP contribution >= 0.6 is 0 Å². The molecule has 0 aliphatic carbocycles. The Labute approximate surface area is 108 Å². The third kappa shape index (κ3) is 2.45. The Balaban J connectivity index is 2.53. The van der Waals surface area contributed by atoms with E-state index in [1.807, 2.05) is 0 Å². The van der Waals surface area contributed by atoms with Crippen LogP contribution in [0.2, 0.25) is 0 Å². The van der Waals surface area contributed by atoms with Crippen LogP contribution < -0.4 is 0 Å². The monoisotopic (exact) mass is 265 g/mol. The fourth-order valence-electron chi connectivity index (χ4n) is 1.67. The Hall–Kier alpha value is -2.28. The molecule has 0 amide bonds. The van der Waals surface area contributed by atoms with Crippen molar-refractivity contribution in [1.29, 1.82) is 0 Å². The molecule has 1 aromatic carbocycles. The molecule has 7 heteroatoms. The first-order valence-corrected chi connectivity index (χ1v) is 5.51. The van der Waals surface area contributed by atoms with E-state index in [-0.39, 0.29) is 11.5 Å². The number of aromatic nitrogens is 3. The van der Waals surface area contributed by atoms with Crippen LogP contribution in [0.15, 0.2) is 24.5 Å². The number of methoxy groups -OCH3 is 1. The Bertz CT molecular complexity index is 610. The van der Waals surface area contributed by atoms with E-state index in [4.69, 9.17) is 0 Å². The first kappa shape index (κ1) is 13.2. The Morgan fingerprint density at radius 2 is 2.26 bits per heavy atom. The van der Waals surface area contributed by atoms with Crippen molar-refractivity contribution < 1.29 is 19.0 Å². The van der Waals surface area contributed by atoms with Gasteiger partial charge in [0.1, 0.15) is 17.8 Å². The number of para-hydroxylation sites is 1. The lowest BCUT2D eigenvalue weighted by Crippen LogP contribution is -2.08. The van der Waals surface area contributed by atoms with Crippen LogP contribution in [0.4, 0.5) is 4.39 Å². The van der Waals surface area contributed by atoms with Crippen molar-refractivity contribution in [3.05, 3.63) is 41.7 Å². The van der Waals surface area contributed by atoms with Crippen LogP contribution in [0.3, 0.4) is 0 Å². The number of carbonyl (C=O) groups excluding carboxylic acids is 1. The predicted molar refractivity (Wildman–Crippen MR) is 63.3 cm³/mol. The topological polar surface area (TPSA) is 77.2 Å². The molecule has 1 N–H and O–H groups in total. The van der Waals surface area contributed by atoms with E-state index in [0.717, 1.165) is 4.68 Å². The van der Waals surface area contributed by atoms with Gasteiger partial charge in [-0.25, -0.2) is 18.9 Å². The normalized spacial score (nSPS) is 12.2. The first-order chi connectivity index (χ1) is 9.04. The fraction of sp³-hybridized carbons (Fsp3) is 0.250. The third-order valence-electron chi connectivity index (χ3n) is 2.56. The summed E-state index contributed by atoms with van der Waals surface area (Å²) in [5, 5.41) is 13.5. The van der Waals surface area contributed by atoms with E-state index >= 15 is 0 Å². The van der Waals surface area contributed by atoms with Gasteiger partial charge in [-0.2, -0.15) is 0 Å². The van der Waals surface area contributed by atoms with Crippen molar-refractivity contribution in [1.82, 2.24) is 14.8 Å². The number of aliphatic hydroxyl groups is 1. The highest BCUT2D eigenvalue weighted by Gasteiger charge is 2.18. The van der Waals surface area contributed by atoms with Gasteiger partial charge in [-0.3, -0.25) is 0 Å². The van der Waals surface area contributed by atoms with E-state index in [2.05, 4.69) is 14.8 Å². The highest BCUT2D eigenvalue weighted by atomic mass is 19.1. The Morgan fingerprint density at radius 1 is 1.53 bits per heavy atom. The maximum Gasteiger partial charge on any atom is 0.377 e. The third-order valence-corrected chi connectivity index (χ3v) is 2.56. The number of halogens is 1. The largest absolute Gasteiger partial charge is 0.463 e. The van der Waals surface area contributed by atoms with E-state index < -0.39 is 17.9 Å². The van der Waals surface area contributed by atoms with Gasteiger partial charge >= 0.3 is 5.97 Å². The summed E-state index contributed by atoms with van der Waals surface area (Å²) in [6, 6.07) is 4.29. The average Bonchev–Trinajstić information content (AvgIpc) is 2.86. The van der Waals surface area contributed by atoms with Crippen LogP contribution in [0.1, 0.15) is 29.2 Å². The molecule has 2 aromatic rings. The minimum absolute atomic E-state index is 0.0557. The lowest BCUT2D eigenvalue weighted by atomic mass is 10.1.